The highest BCUT2D eigenvalue weighted by atomic mass is 32.2. The molecule has 0 radical (unpaired) electrons. The molecule has 2 aliphatic carbocycles. The predicted molar refractivity (Wildman–Crippen MR) is 213 cm³/mol. The summed E-state index contributed by atoms with van der Waals surface area (Å²) in [6.07, 6.45) is 2.41. The first-order valence-corrected chi connectivity index (χ1v) is 20.6. The fourth-order valence-corrected chi connectivity index (χ4v) is 9.24. The van der Waals surface area contributed by atoms with Gasteiger partial charge >= 0.3 is 6.09 Å². The third-order valence-electron chi connectivity index (χ3n) is 11.2. The van der Waals surface area contributed by atoms with Crippen LogP contribution in [0.1, 0.15) is 52.0 Å². The van der Waals surface area contributed by atoms with Crippen molar-refractivity contribution >= 4 is 44.6 Å². The number of nitrogens with one attached hydrogen (secondary N) is 3. The summed E-state index contributed by atoms with van der Waals surface area (Å²) in [5, 5.41) is 7.03. The Balaban J connectivity index is 1.14. The molecule has 304 valence electrons. The van der Waals surface area contributed by atoms with Crippen LogP contribution in [-0.2, 0) is 30.8 Å². The molecule has 0 unspecified atom stereocenters. The molecule has 1 aromatic heterocycles. The minimum absolute atomic E-state index is 0.0195. The van der Waals surface area contributed by atoms with Crippen molar-refractivity contribution in [3.63, 3.8) is 0 Å². The summed E-state index contributed by atoms with van der Waals surface area (Å²) in [4.78, 5) is 62.0. The number of carbonyl (C=O) groups is 4. The van der Waals surface area contributed by atoms with Crippen LogP contribution in [0.2, 0.25) is 0 Å². The molecule has 2 saturated carbocycles. The van der Waals surface area contributed by atoms with E-state index in [1.807, 2.05) is 60.7 Å². The number of sulfonamides is 1. The summed E-state index contributed by atoms with van der Waals surface area (Å²) in [6, 6.07) is 20.8. The smallest absolute Gasteiger partial charge is 0.413 e. The van der Waals surface area contributed by atoms with E-state index in [1.165, 1.54) is 23.1 Å². The van der Waals surface area contributed by atoms with Gasteiger partial charge in [-0.2, -0.15) is 0 Å². The number of amides is 4. The highest BCUT2D eigenvalue weighted by Gasteiger charge is 2.63. The average Bonchev–Trinajstić information content (AvgIpc) is 4.09. The van der Waals surface area contributed by atoms with Crippen LogP contribution < -0.4 is 24.8 Å². The summed E-state index contributed by atoms with van der Waals surface area (Å²) in [7, 11) is -4.17. The number of hydrogen-bond acceptors (Lipinski definition) is 9. The van der Waals surface area contributed by atoms with Crippen molar-refractivity contribution in [2.45, 2.75) is 81.3 Å². The number of nitrogens with zero attached hydrogens (tertiary/aromatic N) is 2. The third kappa shape index (κ3) is 8.26. The van der Waals surface area contributed by atoms with Crippen molar-refractivity contribution in [1.29, 1.82) is 0 Å². The van der Waals surface area contributed by atoms with Crippen LogP contribution in [0.25, 0.3) is 10.8 Å². The highest BCUT2D eigenvalue weighted by molar-refractivity contribution is 7.91. The number of pyridine rings is 1. The molecular formula is C43H46FN5O8S. The van der Waals surface area contributed by atoms with Gasteiger partial charge in [0.1, 0.15) is 35.3 Å². The van der Waals surface area contributed by atoms with E-state index in [-0.39, 0.29) is 31.6 Å². The van der Waals surface area contributed by atoms with Crippen LogP contribution in [0, 0.1) is 17.2 Å². The van der Waals surface area contributed by atoms with Gasteiger partial charge in [0, 0.05) is 23.9 Å². The molecule has 13 nitrogen and oxygen atoms in total. The number of fused-ring (bicyclic) bond motifs is 1. The van der Waals surface area contributed by atoms with E-state index in [4.69, 9.17) is 9.47 Å². The van der Waals surface area contributed by atoms with Crippen LogP contribution in [-0.4, -0.2) is 77.1 Å². The molecule has 1 saturated heterocycles. The lowest BCUT2D eigenvalue weighted by Crippen LogP contribution is -2.60. The zero-order chi connectivity index (χ0) is 41.5. The molecular weight excluding hydrogens is 766 g/mol. The Labute approximate surface area is 336 Å². The van der Waals surface area contributed by atoms with Gasteiger partial charge in [0.25, 0.3) is 5.91 Å². The molecule has 3 aliphatic rings. The first-order valence-electron chi connectivity index (χ1n) is 19.1. The molecule has 3 fully saturated rings. The molecule has 1 aliphatic heterocycles. The largest absolute Gasteiger partial charge is 0.472 e. The van der Waals surface area contributed by atoms with E-state index in [0.717, 1.165) is 28.5 Å². The van der Waals surface area contributed by atoms with Crippen molar-refractivity contribution in [2.75, 3.05) is 6.54 Å². The standard InChI is InChI=1S/C43H46FN5O8S/c1-5-29-25-43(29,39(52)48-58(54,55)42(20-21-42)24-27-11-7-6-8-12-27)47-36(50)34-23-32(56-37-33-14-10-9-13-28(33)19-22-45-37)26-49(34)38(51)35(41(2,3)4)46-40(53)57-31-17-15-30(44)16-18-31/h5-19,22,29,32,34-35H,1,20-21,23-26H2,2-4H3,(H,46,53)(H,47,50)(H,48,52)/t29-,32-,34+,35-,43-/m1/s1. The molecule has 58 heavy (non-hydrogen) atoms. The summed E-state index contributed by atoms with van der Waals surface area (Å²) >= 11 is 0. The maximum absolute atomic E-state index is 14.6. The Morgan fingerprint density at radius 2 is 1.69 bits per heavy atom. The summed E-state index contributed by atoms with van der Waals surface area (Å²) in [6.45, 7) is 8.92. The molecule has 4 aromatic rings. The number of ether oxygens (including phenoxy) is 2. The Kier molecular flexibility index (Phi) is 10.8. The highest BCUT2D eigenvalue weighted by Crippen LogP contribution is 2.48. The Morgan fingerprint density at radius 3 is 2.34 bits per heavy atom. The predicted octanol–water partition coefficient (Wildman–Crippen LogP) is 5.21. The van der Waals surface area contributed by atoms with Crippen LogP contribution in [0.5, 0.6) is 11.6 Å². The number of benzene rings is 3. The zero-order valence-corrected chi connectivity index (χ0v) is 33.3. The van der Waals surface area contributed by atoms with Crippen LogP contribution in [0.4, 0.5) is 9.18 Å². The minimum Gasteiger partial charge on any atom is -0.472 e. The Morgan fingerprint density at radius 1 is 1.00 bits per heavy atom. The number of likely N-dealkylation sites (tertiary alicyclic amines) is 1. The normalized spacial score (nSPS) is 22.6. The third-order valence-corrected chi connectivity index (χ3v) is 13.3. The van der Waals surface area contributed by atoms with Gasteiger partial charge in [0.2, 0.25) is 27.7 Å². The maximum atomic E-state index is 14.6. The molecule has 3 N–H and O–H groups in total. The summed E-state index contributed by atoms with van der Waals surface area (Å²) in [5.74, 6) is -2.99. The topological polar surface area (TPSA) is 173 Å². The van der Waals surface area contributed by atoms with E-state index in [9.17, 15) is 32.0 Å². The molecule has 4 amide bonds. The fraction of sp³-hybridized carbons (Fsp3) is 0.372. The lowest BCUT2D eigenvalue weighted by Gasteiger charge is -2.35. The van der Waals surface area contributed by atoms with E-state index < -0.39 is 79.5 Å². The second-order valence-corrected chi connectivity index (χ2v) is 18.5. The van der Waals surface area contributed by atoms with Gasteiger partial charge in [0.15, 0.2) is 0 Å². The van der Waals surface area contributed by atoms with Crippen LogP contribution in [0.15, 0.2) is 104 Å². The lowest BCUT2D eigenvalue weighted by molar-refractivity contribution is -0.142. The van der Waals surface area contributed by atoms with E-state index >= 15 is 0 Å². The van der Waals surface area contributed by atoms with Gasteiger partial charge in [-0.15, -0.1) is 6.58 Å². The van der Waals surface area contributed by atoms with Gasteiger partial charge in [-0.05, 0) is 78.4 Å². The van der Waals surface area contributed by atoms with Gasteiger partial charge in [0.05, 0.1) is 11.3 Å². The van der Waals surface area contributed by atoms with Crippen molar-refractivity contribution < 1.29 is 41.5 Å². The van der Waals surface area contributed by atoms with E-state index in [1.54, 1.807) is 27.0 Å². The van der Waals surface area contributed by atoms with Gasteiger partial charge in [-0.3, -0.25) is 19.1 Å². The van der Waals surface area contributed by atoms with Crippen molar-refractivity contribution in [3.05, 3.63) is 115 Å². The fourth-order valence-electron chi connectivity index (χ4n) is 7.60. The van der Waals surface area contributed by atoms with Gasteiger partial charge < -0.3 is 25.0 Å². The van der Waals surface area contributed by atoms with Crippen LogP contribution >= 0.6 is 0 Å². The first kappa shape index (κ1) is 40.4. The van der Waals surface area contributed by atoms with E-state index in [0.29, 0.717) is 18.7 Å². The first-order chi connectivity index (χ1) is 27.5. The summed E-state index contributed by atoms with van der Waals surface area (Å²) < 4.78 is 53.9. The molecule has 0 bridgehead atoms. The second-order valence-electron chi connectivity index (χ2n) is 16.4. The molecule has 5 atom stereocenters. The SMILES string of the molecule is C=C[C@@H]1C[C@]1(NC(=O)[C@@H]1C[C@@H](Oc2nccc3ccccc23)CN1C(=O)[C@@H](NC(=O)Oc1ccc(F)cc1)C(C)(C)C)C(=O)NS(=O)(=O)C1(Cc2ccccc2)CC1. The quantitative estimate of drug-likeness (QED) is 0.153. The van der Waals surface area contributed by atoms with Crippen molar-refractivity contribution in [2.24, 2.45) is 11.3 Å². The number of halogens is 1. The number of carbonyl (C=O) groups excluding carboxylic acids is 4. The molecule has 2 heterocycles. The molecule has 0 spiro atoms. The molecule has 7 rings (SSSR count). The number of hydrogen-bond donors (Lipinski definition) is 3. The second kappa shape index (κ2) is 15.5. The summed E-state index contributed by atoms with van der Waals surface area (Å²) in [5.41, 5.74) is -1.72. The van der Waals surface area contributed by atoms with Crippen LogP contribution in [0.3, 0.4) is 0 Å². The number of rotatable bonds is 13. The monoisotopic (exact) mass is 811 g/mol. The number of aromatic nitrogens is 1. The van der Waals surface area contributed by atoms with Gasteiger partial charge in [-0.1, -0.05) is 75.4 Å². The van der Waals surface area contributed by atoms with Gasteiger partial charge in [-0.25, -0.2) is 22.6 Å². The molecule has 15 heteroatoms. The van der Waals surface area contributed by atoms with Crippen molar-refractivity contribution in [3.8, 4) is 11.6 Å². The average molecular weight is 812 g/mol. The van der Waals surface area contributed by atoms with Crippen molar-refractivity contribution in [1.82, 2.24) is 25.2 Å². The minimum atomic E-state index is -4.17. The Hall–Kier alpha value is -5.83. The molecule has 3 aromatic carbocycles. The Bertz CT molecular complexity index is 2340. The lowest BCUT2D eigenvalue weighted by atomic mass is 9.85. The zero-order valence-electron chi connectivity index (χ0n) is 32.4. The van der Waals surface area contributed by atoms with E-state index in [2.05, 4.69) is 26.9 Å². The maximum Gasteiger partial charge on any atom is 0.413 e.